The number of amides is 1. The Morgan fingerprint density at radius 1 is 0.622 bits per heavy atom. The lowest BCUT2D eigenvalue weighted by Gasteiger charge is -2.22. The first-order chi connectivity index (χ1) is 21.7. The van der Waals surface area contributed by atoms with Crippen molar-refractivity contribution in [3.05, 3.63) is 48.6 Å². The van der Waals surface area contributed by atoms with Crippen molar-refractivity contribution in [3.8, 4) is 0 Å². The minimum atomic E-state index is -4.45. The Labute approximate surface area is 276 Å². The average Bonchev–Trinajstić information content (AvgIpc) is 3.00. The van der Waals surface area contributed by atoms with Crippen LogP contribution in [0.15, 0.2) is 48.6 Å². The van der Waals surface area contributed by atoms with Gasteiger partial charge in [-0.05, 0) is 64.2 Å². The van der Waals surface area contributed by atoms with Gasteiger partial charge in [0.25, 0.3) is 10.1 Å². The SMILES string of the molecule is CC/C=C/CC/C=C/CC/C=C/C(O)C(CS(=O)(=O)O)NC(=O)C(O)CCCCCCCC/C=C\CCCCCCCCCC. The van der Waals surface area contributed by atoms with E-state index in [1.807, 2.05) is 0 Å². The topological polar surface area (TPSA) is 124 Å². The summed E-state index contributed by atoms with van der Waals surface area (Å²) in [6.07, 6.45) is 37.5. The molecule has 0 aliphatic heterocycles. The third-order valence-electron chi connectivity index (χ3n) is 7.82. The van der Waals surface area contributed by atoms with Crippen LogP contribution in [0.25, 0.3) is 0 Å². The van der Waals surface area contributed by atoms with Crippen LogP contribution in [0.5, 0.6) is 0 Å². The van der Waals surface area contributed by atoms with Crippen LogP contribution in [0.2, 0.25) is 0 Å². The van der Waals surface area contributed by atoms with Crippen molar-refractivity contribution in [1.29, 1.82) is 0 Å². The lowest BCUT2D eigenvalue weighted by molar-refractivity contribution is -0.130. The molecule has 0 radical (unpaired) electrons. The summed E-state index contributed by atoms with van der Waals surface area (Å²) in [5, 5.41) is 23.2. The molecule has 4 N–H and O–H groups in total. The highest BCUT2D eigenvalue weighted by atomic mass is 32.2. The van der Waals surface area contributed by atoms with E-state index in [4.69, 9.17) is 0 Å². The van der Waals surface area contributed by atoms with E-state index in [0.29, 0.717) is 12.8 Å². The van der Waals surface area contributed by atoms with Gasteiger partial charge in [-0.3, -0.25) is 9.35 Å². The van der Waals surface area contributed by atoms with E-state index in [1.54, 1.807) is 6.08 Å². The van der Waals surface area contributed by atoms with Gasteiger partial charge in [0.05, 0.1) is 17.9 Å². The van der Waals surface area contributed by atoms with Gasteiger partial charge in [0, 0.05) is 0 Å². The van der Waals surface area contributed by atoms with E-state index < -0.39 is 40.0 Å². The summed E-state index contributed by atoms with van der Waals surface area (Å²) in [6, 6.07) is -1.26. The summed E-state index contributed by atoms with van der Waals surface area (Å²) in [4.78, 5) is 12.5. The summed E-state index contributed by atoms with van der Waals surface area (Å²) in [5.74, 6) is -1.58. The van der Waals surface area contributed by atoms with Crippen LogP contribution < -0.4 is 5.32 Å². The van der Waals surface area contributed by atoms with Crippen molar-refractivity contribution in [2.75, 3.05) is 5.75 Å². The number of unbranched alkanes of at least 4 members (excludes halogenated alkanes) is 16. The minimum Gasteiger partial charge on any atom is -0.387 e. The van der Waals surface area contributed by atoms with E-state index in [0.717, 1.165) is 51.4 Å². The van der Waals surface area contributed by atoms with Crippen molar-refractivity contribution < 1.29 is 28.0 Å². The van der Waals surface area contributed by atoms with Gasteiger partial charge in [-0.2, -0.15) is 8.42 Å². The van der Waals surface area contributed by atoms with Gasteiger partial charge in [0.1, 0.15) is 6.10 Å². The minimum absolute atomic E-state index is 0.262. The first-order valence-electron chi connectivity index (χ1n) is 17.9. The highest BCUT2D eigenvalue weighted by Gasteiger charge is 2.27. The normalized spacial score (nSPS) is 14.7. The van der Waals surface area contributed by atoms with Crippen LogP contribution in [-0.2, 0) is 14.9 Å². The molecular weight excluding hydrogens is 586 g/mol. The predicted octanol–water partition coefficient (Wildman–Crippen LogP) is 8.93. The number of rotatable bonds is 31. The molecule has 0 heterocycles. The number of hydrogen-bond acceptors (Lipinski definition) is 5. The Hall–Kier alpha value is -1.74. The highest BCUT2D eigenvalue weighted by molar-refractivity contribution is 7.85. The Morgan fingerprint density at radius 3 is 1.58 bits per heavy atom. The summed E-state index contributed by atoms with van der Waals surface area (Å²) in [6.45, 7) is 4.36. The van der Waals surface area contributed by atoms with Gasteiger partial charge in [0.2, 0.25) is 5.91 Å². The molecular formula is C37H67NO6S. The average molecular weight is 654 g/mol. The molecule has 0 fully saturated rings. The molecule has 0 saturated carbocycles. The molecule has 0 spiro atoms. The first kappa shape index (κ1) is 43.3. The Bertz CT molecular complexity index is 912. The Morgan fingerprint density at radius 2 is 1.07 bits per heavy atom. The first-order valence-corrected chi connectivity index (χ1v) is 19.6. The van der Waals surface area contributed by atoms with Crippen LogP contribution in [0.1, 0.15) is 155 Å². The second-order valence-corrected chi connectivity index (χ2v) is 13.7. The monoisotopic (exact) mass is 653 g/mol. The molecule has 7 nitrogen and oxygen atoms in total. The van der Waals surface area contributed by atoms with Gasteiger partial charge in [-0.1, -0.05) is 140 Å². The molecule has 0 saturated heterocycles. The number of carbonyl (C=O) groups excluding carboxylic acids is 1. The van der Waals surface area contributed by atoms with Crippen molar-refractivity contribution in [2.45, 2.75) is 173 Å². The van der Waals surface area contributed by atoms with E-state index in [-0.39, 0.29) is 6.42 Å². The van der Waals surface area contributed by atoms with E-state index in [1.165, 1.54) is 76.7 Å². The lowest BCUT2D eigenvalue weighted by Crippen LogP contribution is -2.50. The molecule has 0 bridgehead atoms. The predicted molar refractivity (Wildman–Crippen MR) is 190 cm³/mol. The van der Waals surface area contributed by atoms with Crippen LogP contribution in [0, 0.1) is 0 Å². The fourth-order valence-corrected chi connectivity index (χ4v) is 5.81. The zero-order valence-corrected chi connectivity index (χ0v) is 29.4. The second-order valence-electron chi connectivity index (χ2n) is 12.2. The lowest BCUT2D eigenvalue weighted by atomic mass is 10.0. The molecule has 262 valence electrons. The third-order valence-corrected chi connectivity index (χ3v) is 8.60. The molecule has 3 unspecified atom stereocenters. The maximum atomic E-state index is 12.5. The molecule has 0 aromatic heterocycles. The number of nitrogens with one attached hydrogen (secondary N) is 1. The van der Waals surface area contributed by atoms with Crippen molar-refractivity contribution in [1.82, 2.24) is 5.32 Å². The molecule has 3 atom stereocenters. The van der Waals surface area contributed by atoms with Crippen molar-refractivity contribution >= 4 is 16.0 Å². The Balaban J connectivity index is 4.11. The highest BCUT2D eigenvalue weighted by Crippen LogP contribution is 2.13. The zero-order chi connectivity index (χ0) is 33.4. The zero-order valence-electron chi connectivity index (χ0n) is 28.6. The fourth-order valence-electron chi connectivity index (χ4n) is 5.08. The van der Waals surface area contributed by atoms with Crippen LogP contribution in [-0.4, -0.2) is 53.1 Å². The molecule has 0 aromatic carbocycles. The molecule has 0 aliphatic carbocycles. The molecule has 45 heavy (non-hydrogen) atoms. The van der Waals surface area contributed by atoms with Gasteiger partial charge >= 0.3 is 0 Å². The summed E-state index contributed by atoms with van der Waals surface area (Å²) in [5.41, 5.74) is 0. The molecule has 0 aliphatic rings. The number of hydrogen-bond donors (Lipinski definition) is 4. The van der Waals surface area contributed by atoms with Gasteiger partial charge in [-0.25, -0.2) is 0 Å². The van der Waals surface area contributed by atoms with Crippen molar-refractivity contribution in [3.63, 3.8) is 0 Å². The van der Waals surface area contributed by atoms with E-state index >= 15 is 0 Å². The standard InChI is InChI=1S/C37H67NO6S/c1-3-5-7-9-11-13-15-16-17-18-19-20-21-22-24-26-28-30-32-36(40)37(41)38-34(33-45(42,43)44)35(39)31-29-27-25-23-14-12-10-8-6-4-2/h6,8,14,18-19,23,29,31,34-36,39-40H,3-5,7,9-13,15-17,20-22,24-28,30,32-33H2,1-2H3,(H,38,41)(H,42,43,44)/b8-6+,19-18-,23-14+,31-29+. The summed E-state index contributed by atoms with van der Waals surface area (Å²) in [7, 11) is -4.45. The largest absolute Gasteiger partial charge is 0.387 e. The number of allylic oxidation sites excluding steroid dienone is 7. The molecule has 0 rings (SSSR count). The second kappa shape index (κ2) is 30.9. The van der Waals surface area contributed by atoms with Gasteiger partial charge in [-0.15, -0.1) is 0 Å². The van der Waals surface area contributed by atoms with Crippen LogP contribution >= 0.6 is 0 Å². The Kier molecular flexibility index (Phi) is 29.7. The molecule has 1 amide bonds. The van der Waals surface area contributed by atoms with Gasteiger partial charge < -0.3 is 15.5 Å². The van der Waals surface area contributed by atoms with Crippen LogP contribution in [0.3, 0.4) is 0 Å². The molecule has 8 heteroatoms. The van der Waals surface area contributed by atoms with Crippen molar-refractivity contribution in [2.24, 2.45) is 0 Å². The smallest absolute Gasteiger partial charge is 0.267 e. The number of aliphatic hydroxyl groups is 2. The van der Waals surface area contributed by atoms with E-state index in [9.17, 15) is 28.0 Å². The third kappa shape index (κ3) is 30.7. The van der Waals surface area contributed by atoms with Gasteiger partial charge in [0.15, 0.2) is 0 Å². The molecule has 0 aromatic rings. The van der Waals surface area contributed by atoms with E-state index in [2.05, 4.69) is 55.6 Å². The fraction of sp³-hybridized carbons (Fsp3) is 0.757. The number of aliphatic hydroxyl groups excluding tert-OH is 2. The summed E-state index contributed by atoms with van der Waals surface area (Å²) >= 11 is 0. The quantitative estimate of drug-likeness (QED) is 0.0336. The maximum Gasteiger partial charge on any atom is 0.267 e. The maximum absolute atomic E-state index is 12.5. The summed E-state index contributed by atoms with van der Waals surface area (Å²) < 4.78 is 32.3. The number of carbonyl (C=O) groups is 1. The van der Waals surface area contributed by atoms with Crippen LogP contribution in [0.4, 0.5) is 0 Å².